The smallest absolute Gasteiger partial charge is 0.290 e. The Labute approximate surface area is 208 Å². The lowest BCUT2D eigenvalue weighted by molar-refractivity contribution is -0.129. The van der Waals surface area contributed by atoms with E-state index in [1.807, 2.05) is 73.6 Å². The molecule has 1 atom stereocenters. The Morgan fingerprint density at radius 3 is 2.43 bits per heavy atom. The lowest BCUT2D eigenvalue weighted by atomic mass is 9.95. The average molecular weight is 477 g/mol. The number of unbranched alkanes of at least 4 members (excludes halogenated alkanes) is 3. The molecule has 1 aliphatic rings. The van der Waals surface area contributed by atoms with Crippen LogP contribution in [-0.4, -0.2) is 60.4 Å². The zero-order chi connectivity index (χ0) is 25.2. The van der Waals surface area contributed by atoms with Crippen molar-refractivity contribution >= 4 is 17.8 Å². The van der Waals surface area contributed by atoms with E-state index in [0.717, 1.165) is 29.7 Å². The van der Waals surface area contributed by atoms with Gasteiger partial charge in [0, 0.05) is 13.1 Å². The fourth-order valence-corrected chi connectivity index (χ4v) is 4.08. The molecular formula is C29H36N2O4. The van der Waals surface area contributed by atoms with Crippen molar-refractivity contribution in [1.29, 1.82) is 0 Å². The van der Waals surface area contributed by atoms with Gasteiger partial charge in [-0.2, -0.15) is 0 Å². The number of amides is 1. The van der Waals surface area contributed by atoms with Gasteiger partial charge < -0.3 is 19.6 Å². The highest BCUT2D eigenvalue weighted by atomic mass is 16.5. The van der Waals surface area contributed by atoms with Crippen molar-refractivity contribution in [1.82, 2.24) is 9.80 Å². The molecule has 1 unspecified atom stereocenters. The van der Waals surface area contributed by atoms with Crippen molar-refractivity contribution in [2.24, 2.45) is 0 Å². The first-order chi connectivity index (χ1) is 16.9. The van der Waals surface area contributed by atoms with Crippen LogP contribution in [0.2, 0.25) is 0 Å². The molecule has 6 heteroatoms. The number of rotatable bonds is 13. The molecule has 2 aromatic rings. The van der Waals surface area contributed by atoms with Crippen molar-refractivity contribution in [2.75, 3.05) is 33.8 Å². The molecule has 186 valence electrons. The van der Waals surface area contributed by atoms with Crippen LogP contribution < -0.4 is 4.74 Å². The molecule has 0 aromatic heterocycles. The van der Waals surface area contributed by atoms with Gasteiger partial charge in [-0.25, -0.2) is 0 Å². The SMILES string of the molecule is CCCCCCOc1ccc(C2C(C(=O)/C=C/c3ccccc3)=C(O)C(=O)N2CCN(C)C)cc1. The molecule has 1 aliphatic heterocycles. The maximum Gasteiger partial charge on any atom is 0.290 e. The lowest BCUT2D eigenvalue weighted by Crippen LogP contribution is -2.36. The normalized spacial score (nSPS) is 16.1. The number of ketones is 1. The maximum absolute atomic E-state index is 13.2. The number of likely N-dealkylation sites (N-methyl/N-ethyl adjacent to an activating group) is 1. The third-order valence-corrected chi connectivity index (χ3v) is 6.05. The minimum absolute atomic E-state index is 0.106. The summed E-state index contributed by atoms with van der Waals surface area (Å²) in [6.45, 7) is 3.83. The minimum Gasteiger partial charge on any atom is -0.503 e. The summed E-state index contributed by atoms with van der Waals surface area (Å²) in [5.41, 5.74) is 1.73. The molecule has 1 heterocycles. The van der Waals surface area contributed by atoms with Gasteiger partial charge in [0.15, 0.2) is 11.5 Å². The van der Waals surface area contributed by atoms with Crippen LogP contribution in [0.15, 0.2) is 72.0 Å². The number of hydrogen-bond acceptors (Lipinski definition) is 5. The average Bonchev–Trinajstić information content (AvgIpc) is 3.12. The van der Waals surface area contributed by atoms with E-state index in [-0.39, 0.29) is 11.4 Å². The molecular weight excluding hydrogens is 440 g/mol. The number of carbonyl (C=O) groups is 2. The van der Waals surface area contributed by atoms with Crippen LogP contribution in [0, 0.1) is 0 Å². The lowest BCUT2D eigenvalue weighted by Gasteiger charge is -2.28. The number of nitrogens with zero attached hydrogens (tertiary/aromatic N) is 2. The molecule has 1 amide bonds. The molecule has 0 aliphatic carbocycles. The third-order valence-electron chi connectivity index (χ3n) is 6.05. The second-order valence-electron chi connectivity index (χ2n) is 9.05. The Morgan fingerprint density at radius 2 is 1.77 bits per heavy atom. The first-order valence-electron chi connectivity index (χ1n) is 12.3. The monoisotopic (exact) mass is 476 g/mol. The highest BCUT2D eigenvalue weighted by molar-refractivity contribution is 6.14. The van der Waals surface area contributed by atoms with Gasteiger partial charge in [-0.3, -0.25) is 9.59 Å². The van der Waals surface area contributed by atoms with E-state index in [1.54, 1.807) is 11.0 Å². The number of allylic oxidation sites excluding steroid dienone is 1. The number of ether oxygens (including phenoxy) is 1. The Kier molecular flexibility index (Phi) is 9.67. The van der Waals surface area contributed by atoms with Crippen LogP contribution in [0.25, 0.3) is 6.08 Å². The van der Waals surface area contributed by atoms with Crippen LogP contribution >= 0.6 is 0 Å². The van der Waals surface area contributed by atoms with Crippen molar-refractivity contribution < 1.29 is 19.4 Å². The van der Waals surface area contributed by atoms with Crippen molar-refractivity contribution in [3.63, 3.8) is 0 Å². The van der Waals surface area contributed by atoms with Gasteiger partial charge in [0.25, 0.3) is 5.91 Å². The molecule has 6 nitrogen and oxygen atoms in total. The van der Waals surface area contributed by atoms with Crippen molar-refractivity contribution in [3.8, 4) is 5.75 Å². The third kappa shape index (κ3) is 7.06. The molecule has 0 saturated carbocycles. The number of hydrogen-bond donors (Lipinski definition) is 1. The van der Waals surface area contributed by atoms with E-state index in [4.69, 9.17) is 4.74 Å². The molecule has 1 N–H and O–H groups in total. The largest absolute Gasteiger partial charge is 0.503 e. The number of carbonyl (C=O) groups excluding carboxylic acids is 2. The van der Waals surface area contributed by atoms with Gasteiger partial charge in [0.2, 0.25) is 0 Å². The van der Waals surface area contributed by atoms with Gasteiger partial charge in [-0.05, 0) is 49.9 Å². The van der Waals surface area contributed by atoms with E-state index >= 15 is 0 Å². The summed E-state index contributed by atoms with van der Waals surface area (Å²) >= 11 is 0. The van der Waals surface area contributed by atoms with E-state index in [9.17, 15) is 14.7 Å². The summed E-state index contributed by atoms with van der Waals surface area (Å²) < 4.78 is 5.85. The molecule has 0 spiro atoms. The zero-order valence-corrected chi connectivity index (χ0v) is 20.9. The maximum atomic E-state index is 13.2. The first kappa shape index (κ1) is 26.2. The first-order valence-corrected chi connectivity index (χ1v) is 12.3. The van der Waals surface area contributed by atoms with Crippen molar-refractivity contribution in [2.45, 2.75) is 38.6 Å². The Bertz CT molecular complexity index is 1040. The summed E-state index contributed by atoms with van der Waals surface area (Å²) in [4.78, 5) is 29.7. The highest BCUT2D eigenvalue weighted by Gasteiger charge is 2.42. The number of aliphatic hydroxyl groups excluding tert-OH is 1. The summed E-state index contributed by atoms with van der Waals surface area (Å²) in [5, 5.41) is 10.7. The second-order valence-corrected chi connectivity index (χ2v) is 9.05. The zero-order valence-electron chi connectivity index (χ0n) is 20.9. The van der Waals surface area contributed by atoms with Crippen LogP contribution in [0.5, 0.6) is 5.75 Å². The van der Waals surface area contributed by atoms with Gasteiger partial charge in [-0.15, -0.1) is 0 Å². The van der Waals surface area contributed by atoms with Crippen molar-refractivity contribution in [3.05, 3.63) is 83.1 Å². The number of aliphatic hydroxyl groups is 1. The molecule has 0 saturated heterocycles. The minimum atomic E-state index is -0.658. The van der Waals surface area contributed by atoms with E-state index < -0.39 is 17.7 Å². The van der Waals surface area contributed by atoms with E-state index in [2.05, 4.69) is 6.92 Å². The quantitative estimate of drug-likeness (QED) is 0.318. The van der Waals surface area contributed by atoms with E-state index in [1.165, 1.54) is 18.9 Å². The highest BCUT2D eigenvalue weighted by Crippen LogP contribution is 2.38. The summed E-state index contributed by atoms with van der Waals surface area (Å²) in [5.74, 6) is -0.634. The molecule has 0 bridgehead atoms. The molecule has 2 aromatic carbocycles. The molecule has 35 heavy (non-hydrogen) atoms. The Morgan fingerprint density at radius 1 is 1.06 bits per heavy atom. The predicted octanol–water partition coefficient (Wildman–Crippen LogP) is 5.19. The van der Waals surface area contributed by atoms with Crippen LogP contribution in [0.1, 0.15) is 49.8 Å². The topological polar surface area (TPSA) is 70.1 Å². The van der Waals surface area contributed by atoms with Crippen LogP contribution in [0.4, 0.5) is 0 Å². The van der Waals surface area contributed by atoms with Gasteiger partial charge in [0.1, 0.15) is 5.75 Å². The summed E-state index contributed by atoms with van der Waals surface area (Å²) in [6.07, 6.45) is 7.65. The van der Waals surface area contributed by atoms with Crippen LogP contribution in [0.3, 0.4) is 0 Å². The molecule has 0 radical (unpaired) electrons. The fraction of sp³-hybridized carbons (Fsp3) is 0.379. The standard InChI is InChI=1S/C29H36N2O4/c1-4-5-6-10-21-35-24-16-14-23(15-17-24)27-26(25(32)18-13-22-11-8-7-9-12-22)28(33)29(34)31(27)20-19-30(2)3/h7-9,11-18,27,33H,4-6,10,19-21H2,1-3H3/b18-13+. The summed E-state index contributed by atoms with van der Waals surface area (Å²) in [6, 6.07) is 16.3. The molecule has 0 fully saturated rings. The second kappa shape index (κ2) is 12.9. The fourth-order valence-electron chi connectivity index (χ4n) is 4.08. The number of benzene rings is 2. The van der Waals surface area contributed by atoms with E-state index in [0.29, 0.717) is 19.7 Å². The Balaban J connectivity index is 1.83. The molecule has 3 rings (SSSR count). The predicted molar refractivity (Wildman–Crippen MR) is 139 cm³/mol. The Hall–Kier alpha value is -3.38. The van der Waals surface area contributed by atoms with Gasteiger partial charge in [0.05, 0.1) is 18.2 Å². The van der Waals surface area contributed by atoms with Gasteiger partial charge in [-0.1, -0.05) is 74.7 Å². The summed E-state index contributed by atoms with van der Waals surface area (Å²) in [7, 11) is 3.84. The van der Waals surface area contributed by atoms with Gasteiger partial charge >= 0.3 is 0 Å². The van der Waals surface area contributed by atoms with Crippen LogP contribution in [-0.2, 0) is 9.59 Å².